The summed E-state index contributed by atoms with van der Waals surface area (Å²) in [7, 11) is 0. The predicted octanol–water partition coefficient (Wildman–Crippen LogP) is 2.48. The molecule has 0 bridgehead atoms. The minimum Gasteiger partial charge on any atom is -0.421 e. The molecular formula is C14H19N3O2. The number of anilines is 1. The molecule has 19 heavy (non-hydrogen) atoms. The normalized spacial score (nSPS) is 11.6. The molecule has 0 saturated carbocycles. The van der Waals surface area contributed by atoms with Gasteiger partial charge >= 0.3 is 0 Å². The van der Waals surface area contributed by atoms with Gasteiger partial charge in [0.15, 0.2) is 0 Å². The van der Waals surface area contributed by atoms with Gasteiger partial charge in [-0.3, -0.25) is 0 Å². The van der Waals surface area contributed by atoms with Crippen molar-refractivity contribution in [1.82, 2.24) is 10.2 Å². The van der Waals surface area contributed by atoms with E-state index in [1.54, 1.807) is 6.92 Å². The van der Waals surface area contributed by atoms with Gasteiger partial charge < -0.3 is 14.8 Å². The number of aliphatic hydroxyl groups is 1. The molecule has 5 heteroatoms. The molecule has 0 saturated heterocycles. The van der Waals surface area contributed by atoms with Crippen molar-refractivity contribution in [2.75, 3.05) is 18.5 Å². The van der Waals surface area contributed by atoms with Crippen LogP contribution in [0.2, 0.25) is 0 Å². The monoisotopic (exact) mass is 261 g/mol. The lowest BCUT2D eigenvalue weighted by molar-refractivity contribution is 0.171. The van der Waals surface area contributed by atoms with Crippen LogP contribution in [-0.2, 0) is 0 Å². The number of para-hydroxylation sites is 1. The van der Waals surface area contributed by atoms with Crippen molar-refractivity contribution in [2.45, 2.75) is 20.8 Å². The van der Waals surface area contributed by atoms with Crippen LogP contribution in [0.25, 0.3) is 11.5 Å². The molecule has 1 aromatic carbocycles. The number of aromatic nitrogens is 2. The molecule has 0 aliphatic carbocycles. The van der Waals surface area contributed by atoms with Gasteiger partial charge in [-0.1, -0.05) is 26.0 Å². The molecule has 5 nitrogen and oxygen atoms in total. The summed E-state index contributed by atoms with van der Waals surface area (Å²) in [4.78, 5) is 0. The van der Waals surface area contributed by atoms with Crippen LogP contribution in [0.4, 0.5) is 5.69 Å². The Morgan fingerprint density at radius 1 is 1.26 bits per heavy atom. The average Bonchev–Trinajstić information content (AvgIpc) is 2.83. The summed E-state index contributed by atoms with van der Waals surface area (Å²) in [6.07, 6.45) is 0. The first kappa shape index (κ1) is 13.5. The average molecular weight is 261 g/mol. The molecule has 102 valence electrons. The van der Waals surface area contributed by atoms with Crippen LogP contribution in [0.1, 0.15) is 19.7 Å². The van der Waals surface area contributed by atoms with E-state index in [4.69, 9.17) is 4.42 Å². The standard InChI is InChI=1S/C14H19N3O2/c1-10-16-17-13(19-10)11-6-4-5-7-12(11)15-8-14(2,3)9-18/h4-7,15,18H,8-9H2,1-3H3. The van der Waals surface area contributed by atoms with Crippen molar-refractivity contribution in [1.29, 1.82) is 0 Å². The van der Waals surface area contributed by atoms with Crippen molar-refractivity contribution in [2.24, 2.45) is 5.41 Å². The molecule has 2 N–H and O–H groups in total. The largest absolute Gasteiger partial charge is 0.421 e. The maximum absolute atomic E-state index is 9.28. The number of hydrogen-bond donors (Lipinski definition) is 2. The molecule has 0 aliphatic rings. The maximum Gasteiger partial charge on any atom is 0.249 e. The topological polar surface area (TPSA) is 71.2 Å². The molecule has 1 heterocycles. The Kier molecular flexibility index (Phi) is 3.85. The Labute approximate surface area is 112 Å². The number of rotatable bonds is 5. The molecule has 0 unspecified atom stereocenters. The first-order chi connectivity index (χ1) is 9.02. The maximum atomic E-state index is 9.28. The van der Waals surface area contributed by atoms with Crippen molar-refractivity contribution in [3.63, 3.8) is 0 Å². The van der Waals surface area contributed by atoms with Crippen LogP contribution in [-0.4, -0.2) is 28.5 Å². The Balaban J connectivity index is 2.22. The van der Waals surface area contributed by atoms with Crippen molar-refractivity contribution >= 4 is 5.69 Å². The third-order valence-corrected chi connectivity index (χ3v) is 2.87. The zero-order valence-corrected chi connectivity index (χ0v) is 11.5. The van der Waals surface area contributed by atoms with Crippen molar-refractivity contribution in [3.05, 3.63) is 30.2 Å². The van der Waals surface area contributed by atoms with Gasteiger partial charge in [0.1, 0.15) is 0 Å². The van der Waals surface area contributed by atoms with Gasteiger partial charge in [0.25, 0.3) is 0 Å². The Morgan fingerprint density at radius 2 is 2.00 bits per heavy atom. The van der Waals surface area contributed by atoms with Crippen LogP contribution >= 0.6 is 0 Å². The zero-order valence-electron chi connectivity index (χ0n) is 11.5. The van der Waals surface area contributed by atoms with Gasteiger partial charge in [-0.15, -0.1) is 10.2 Å². The summed E-state index contributed by atoms with van der Waals surface area (Å²) >= 11 is 0. The molecule has 0 amide bonds. The highest BCUT2D eigenvalue weighted by Gasteiger charge is 2.17. The number of nitrogens with zero attached hydrogens (tertiary/aromatic N) is 2. The minimum atomic E-state index is -0.183. The second-order valence-electron chi connectivity index (χ2n) is 5.35. The lowest BCUT2D eigenvalue weighted by Gasteiger charge is -2.23. The highest BCUT2D eigenvalue weighted by atomic mass is 16.4. The highest BCUT2D eigenvalue weighted by Crippen LogP contribution is 2.27. The third-order valence-electron chi connectivity index (χ3n) is 2.87. The van der Waals surface area contributed by atoms with E-state index in [0.29, 0.717) is 18.3 Å². The number of aliphatic hydroxyl groups excluding tert-OH is 1. The quantitative estimate of drug-likeness (QED) is 0.865. The van der Waals surface area contributed by atoms with Crippen LogP contribution in [0.5, 0.6) is 0 Å². The Morgan fingerprint density at radius 3 is 2.63 bits per heavy atom. The van der Waals surface area contributed by atoms with Gasteiger partial charge in [0.05, 0.1) is 5.56 Å². The Hall–Kier alpha value is -1.88. The third kappa shape index (κ3) is 3.32. The minimum absolute atomic E-state index is 0.127. The van der Waals surface area contributed by atoms with Gasteiger partial charge in [0, 0.05) is 31.2 Å². The highest BCUT2D eigenvalue weighted by molar-refractivity contribution is 5.72. The van der Waals surface area contributed by atoms with Gasteiger partial charge in [-0.2, -0.15) is 0 Å². The fourth-order valence-electron chi connectivity index (χ4n) is 1.62. The summed E-state index contributed by atoms with van der Waals surface area (Å²) < 4.78 is 5.46. The lowest BCUT2D eigenvalue weighted by atomic mass is 9.95. The first-order valence-electron chi connectivity index (χ1n) is 6.26. The second kappa shape index (κ2) is 5.40. The fourth-order valence-corrected chi connectivity index (χ4v) is 1.62. The summed E-state index contributed by atoms with van der Waals surface area (Å²) in [6.45, 7) is 6.55. The molecule has 0 spiro atoms. The van der Waals surface area contributed by atoms with E-state index in [9.17, 15) is 5.11 Å². The molecular weight excluding hydrogens is 242 g/mol. The van der Waals surface area contributed by atoms with E-state index in [1.807, 2.05) is 38.1 Å². The van der Waals surface area contributed by atoms with Gasteiger partial charge in [-0.05, 0) is 12.1 Å². The Bertz CT molecular complexity index is 549. The predicted molar refractivity (Wildman–Crippen MR) is 73.8 cm³/mol. The molecule has 2 aromatic rings. The van der Waals surface area contributed by atoms with Crippen LogP contribution in [0.3, 0.4) is 0 Å². The summed E-state index contributed by atoms with van der Waals surface area (Å²) in [6, 6.07) is 7.77. The fraction of sp³-hybridized carbons (Fsp3) is 0.429. The van der Waals surface area contributed by atoms with Crippen LogP contribution in [0, 0.1) is 12.3 Å². The van der Waals surface area contributed by atoms with Crippen molar-refractivity contribution in [3.8, 4) is 11.5 Å². The van der Waals surface area contributed by atoms with Gasteiger partial charge in [-0.25, -0.2) is 0 Å². The van der Waals surface area contributed by atoms with E-state index >= 15 is 0 Å². The van der Waals surface area contributed by atoms with Crippen molar-refractivity contribution < 1.29 is 9.52 Å². The SMILES string of the molecule is Cc1nnc(-c2ccccc2NCC(C)(C)CO)o1. The molecule has 0 fully saturated rings. The number of nitrogens with one attached hydrogen (secondary N) is 1. The van der Waals surface area contributed by atoms with E-state index in [0.717, 1.165) is 11.3 Å². The molecule has 0 aliphatic heterocycles. The summed E-state index contributed by atoms with van der Waals surface area (Å²) in [5, 5.41) is 20.5. The van der Waals surface area contributed by atoms with Gasteiger partial charge in [0.2, 0.25) is 11.8 Å². The molecule has 0 radical (unpaired) electrons. The van der Waals surface area contributed by atoms with E-state index < -0.39 is 0 Å². The van der Waals surface area contributed by atoms with Crippen LogP contribution in [0.15, 0.2) is 28.7 Å². The number of aryl methyl sites for hydroxylation is 1. The number of benzene rings is 1. The van der Waals surface area contributed by atoms with E-state index in [-0.39, 0.29) is 12.0 Å². The molecule has 1 aromatic heterocycles. The summed E-state index contributed by atoms with van der Waals surface area (Å²) in [5.74, 6) is 1.04. The zero-order chi connectivity index (χ0) is 13.9. The number of hydrogen-bond acceptors (Lipinski definition) is 5. The molecule has 0 atom stereocenters. The van der Waals surface area contributed by atoms with Crippen LogP contribution < -0.4 is 5.32 Å². The lowest BCUT2D eigenvalue weighted by Crippen LogP contribution is -2.26. The smallest absolute Gasteiger partial charge is 0.249 e. The van der Waals surface area contributed by atoms with E-state index in [1.165, 1.54) is 0 Å². The molecule has 2 rings (SSSR count). The first-order valence-corrected chi connectivity index (χ1v) is 6.26. The summed E-state index contributed by atoms with van der Waals surface area (Å²) in [5.41, 5.74) is 1.61. The second-order valence-corrected chi connectivity index (χ2v) is 5.35. The van der Waals surface area contributed by atoms with E-state index in [2.05, 4.69) is 15.5 Å².